The molecular weight excluding hydrogens is 260 g/mol. The van der Waals surface area contributed by atoms with Crippen molar-refractivity contribution in [3.8, 4) is 5.75 Å². The van der Waals surface area contributed by atoms with Crippen LogP contribution in [0.3, 0.4) is 0 Å². The smallest absolute Gasteiger partial charge is 0.138 e. The normalized spacial score (nSPS) is 22.5. The Morgan fingerprint density at radius 1 is 1.47 bits per heavy atom. The molecule has 2 rings (SSSR count). The predicted molar refractivity (Wildman–Crippen MR) is 78.7 cm³/mol. The Kier molecular flexibility index (Phi) is 5.07. The third-order valence-corrected chi connectivity index (χ3v) is 4.30. The van der Waals surface area contributed by atoms with Crippen molar-refractivity contribution in [2.45, 2.75) is 32.1 Å². The van der Waals surface area contributed by atoms with Crippen molar-refractivity contribution in [1.29, 1.82) is 0 Å². The number of aliphatic hydroxyl groups excluding tert-OH is 1. The molecule has 106 valence electrons. The van der Waals surface area contributed by atoms with Crippen molar-refractivity contribution < 1.29 is 9.84 Å². The van der Waals surface area contributed by atoms with E-state index in [0.29, 0.717) is 0 Å². The second-order valence-electron chi connectivity index (χ2n) is 5.19. The van der Waals surface area contributed by atoms with Crippen molar-refractivity contribution in [3.63, 3.8) is 0 Å². The molecule has 1 aromatic heterocycles. The zero-order valence-corrected chi connectivity index (χ0v) is 12.6. The Bertz CT molecular complexity index is 414. The minimum Gasteiger partial charge on any atom is -0.489 e. The van der Waals surface area contributed by atoms with Gasteiger partial charge in [0.25, 0.3) is 0 Å². The van der Waals surface area contributed by atoms with Crippen molar-refractivity contribution in [1.82, 2.24) is 9.88 Å². The predicted octanol–water partition coefficient (Wildman–Crippen LogP) is 1.95. The molecule has 0 amide bonds. The molecule has 0 saturated carbocycles. The standard InChI is InChI=1S/C14H22N2O2S/c1-10(2)18-12-6-11(7-15-8-12)14(17)13-9-19-5-4-16(13)3/h6-8,10,13-14,17H,4-5,9H2,1-3H3. The van der Waals surface area contributed by atoms with Crippen molar-refractivity contribution in [2.24, 2.45) is 0 Å². The van der Waals surface area contributed by atoms with Gasteiger partial charge >= 0.3 is 0 Å². The first-order valence-corrected chi connectivity index (χ1v) is 7.81. The highest BCUT2D eigenvalue weighted by Crippen LogP contribution is 2.28. The molecule has 2 atom stereocenters. The highest BCUT2D eigenvalue weighted by molar-refractivity contribution is 7.99. The highest BCUT2D eigenvalue weighted by atomic mass is 32.2. The first-order valence-electron chi connectivity index (χ1n) is 6.65. The van der Waals surface area contributed by atoms with Gasteiger partial charge in [0.15, 0.2) is 0 Å². The van der Waals surface area contributed by atoms with E-state index in [1.807, 2.05) is 31.7 Å². The second kappa shape index (κ2) is 6.59. The van der Waals surface area contributed by atoms with Gasteiger partial charge in [-0.25, -0.2) is 0 Å². The van der Waals surface area contributed by atoms with Gasteiger partial charge in [-0.3, -0.25) is 9.88 Å². The Hall–Kier alpha value is -0.780. The van der Waals surface area contributed by atoms with Gasteiger partial charge in [0, 0.05) is 35.9 Å². The fourth-order valence-corrected chi connectivity index (χ4v) is 3.46. The van der Waals surface area contributed by atoms with Crippen LogP contribution in [0.4, 0.5) is 0 Å². The number of nitrogens with zero attached hydrogens (tertiary/aromatic N) is 2. The number of likely N-dealkylation sites (N-methyl/N-ethyl adjacent to an activating group) is 1. The van der Waals surface area contributed by atoms with E-state index in [1.54, 1.807) is 12.4 Å². The largest absolute Gasteiger partial charge is 0.489 e. The first kappa shape index (κ1) is 14.6. The second-order valence-corrected chi connectivity index (χ2v) is 6.34. The molecular formula is C14H22N2O2S. The number of hydrogen-bond donors (Lipinski definition) is 1. The lowest BCUT2D eigenvalue weighted by atomic mass is 10.0. The quantitative estimate of drug-likeness (QED) is 0.914. The molecule has 19 heavy (non-hydrogen) atoms. The maximum absolute atomic E-state index is 10.5. The molecule has 0 radical (unpaired) electrons. The molecule has 1 N–H and O–H groups in total. The van der Waals surface area contributed by atoms with Gasteiger partial charge in [-0.15, -0.1) is 0 Å². The maximum atomic E-state index is 10.5. The van der Waals surface area contributed by atoms with Crippen molar-refractivity contribution in [3.05, 3.63) is 24.0 Å². The van der Waals surface area contributed by atoms with Crippen LogP contribution >= 0.6 is 11.8 Å². The average molecular weight is 282 g/mol. The SMILES string of the molecule is CC(C)Oc1cncc(C(O)C2CSCCN2C)c1. The number of hydrogen-bond acceptors (Lipinski definition) is 5. The molecule has 0 aliphatic carbocycles. The Labute approximate surface area is 119 Å². The number of aromatic nitrogens is 1. The number of aliphatic hydroxyl groups is 1. The molecule has 1 aliphatic rings. The summed E-state index contributed by atoms with van der Waals surface area (Å²) < 4.78 is 5.63. The van der Waals surface area contributed by atoms with Gasteiger partial charge in [0.1, 0.15) is 5.75 Å². The van der Waals surface area contributed by atoms with Crippen LogP contribution in [-0.2, 0) is 0 Å². The number of ether oxygens (including phenoxy) is 1. The molecule has 5 heteroatoms. The molecule has 2 heterocycles. The fraction of sp³-hybridized carbons (Fsp3) is 0.643. The van der Waals surface area contributed by atoms with Crippen LogP contribution in [0.15, 0.2) is 18.5 Å². The van der Waals surface area contributed by atoms with E-state index in [0.717, 1.165) is 29.4 Å². The molecule has 2 unspecified atom stereocenters. The van der Waals surface area contributed by atoms with Gasteiger partial charge in [0.05, 0.1) is 18.4 Å². The summed E-state index contributed by atoms with van der Waals surface area (Å²) in [4.78, 5) is 6.39. The number of rotatable bonds is 4. The average Bonchev–Trinajstić information content (AvgIpc) is 2.38. The van der Waals surface area contributed by atoms with Gasteiger partial charge in [-0.1, -0.05) is 0 Å². The van der Waals surface area contributed by atoms with Gasteiger partial charge in [0.2, 0.25) is 0 Å². The summed E-state index contributed by atoms with van der Waals surface area (Å²) in [6.07, 6.45) is 3.02. The van der Waals surface area contributed by atoms with Crippen LogP contribution in [-0.4, -0.2) is 52.2 Å². The van der Waals surface area contributed by atoms with Crippen LogP contribution in [0.25, 0.3) is 0 Å². The summed E-state index contributed by atoms with van der Waals surface area (Å²) in [5.74, 6) is 2.80. The van der Waals surface area contributed by atoms with E-state index in [-0.39, 0.29) is 12.1 Å². The molecule has 0 aromatic carbocycles. The molecule has 4 nitrogen and oxygen atoms in total. The molecule has 1 aliphatic heterocycles. The molecule has 1 fully saturated rings. The van der Waals surface area contributed by atoms with Gasteiger partial charge < -0.3 is 9.84 Å². The van der Waals surface area contributed by atoms with E-state index >= 15 is 0 Å². The number of thioether (sulfide) groups is 1. The summed E-state index contributed by atoms with van der Waals surface area (Å²) in [5, 5.41) is 10.5. The van der Waals surface area contributed by atoms with Crippen LogP contribution < -0.4 is 4.74 Å². The lowest BCUT2D eigenvalue weighted by Gasteiger charge is -2.35. The molecule has 1 saturated heterocycles. The van der Waals surface area contributed by atoms with Crippen molar-refractivity contribution >= 4 is 11.8 Å². The fourth-order valence-electron chi connectivity index (χ4n) is 2.19. The summed E-state index contributed by atoms with van der Waals surface area (Å²) in [6, 6.07) is 2.04. The topological polar surface area (TPSA) is 45.6 Å². The van der Waals surface area contributed by atoms with Crippen molar-refractivity contribution in [2.75, 3.05) is 25.1 Å². The van der Waals surface area contributed by atoms with Gasteiger partial charge in [-0.05, 0) is 27.0 Å². The zero-order valence-electron chi connectivity index (χ0n) is 11.7. The van der Waals surface area contributed by atoms with E-state index < -0.39 is 6.10 Å². The van der Waals surface area contributed by atoms with E-state index in [1.165, 1.54) is 0 Å². The summed E-state index contributed by atoms with van der Waals surface area (Å²) in [6.45, 7) is 4.98. The van der Waals surface area contributed by atoms with E-state index in [2.05, 4.69) is 16.9 Å². The molecule has 1 aromatic rings. The Balaban J connectivity index is 2.11. The highest BCUT2D eigenvalue weighted by Gasteiger charge is 2.28. The third-order valence-electron chi connectivity index (χ3n) is 3.26. The van der Waals surface area contributed by atoms with E-state index in [9.17, 15) is 5.11 Å². The lowest BCUT2D eigenvalue weighted by Crippen LogP contribution is -2.43. The summed E-state index contributed by atoms with van der Waals surface area (Å²) in [7, 11) is 2.06. The van der Waals surface area contributed by atoms with E-state index in [4.69, 9.17) is 4.74 Å². The van der Waals surface area contributed by atoms with Crippen LogP contribution in [0, 0.1) is 0 Å². The summed E-state index contributed by atoms with van der Waals surface area (Å²) in [5.41, 5.74) is 0.831. The minimum atomic E-state index is -0.513. The zero-order chi connectivity index (χ0) is 13.8. The first-order chi connectivity index (χ1) is 9.08. The van der Waals surface area contributed by atoms with Crippen LogP contribution in [0.2, 0.25) is 0 Å². The van der Waals surface area contributed by atoms with Crippen LogP contribution in [0.1, 0.15) is 25.5 Å². The minimum absolute atomic E-state index is 0.113. The Morgan fingerprint density at radius 2 is 2.26 bits per heavy atom. The Morgan fingerprint density at radius 3 is 2.95 bits per heavy atom. The lowest BCUT2D eigenvalue weighted by molar-refractivity contribution is 0.0752. The maximum Gasteiger partial charge on any atom is 0.138 e. The van der Waals surface area contributed by atoms with Crippen LogP contribution in [0.5, 0.6) is 5.75 Å². The third kappa shape index (κ3) is 3.84. The molecule has 0 spiro atoms. The molecule has 0 bridgehead atoms. The monoisotopic (exact) mass is 282 g/mol. The van der Waals surface area contributed by atoms with Gasteiger partial charge in [-0.2, -0.15) is 11.8 Å². The number of pyridine rings is 1. The summed E-state index contributed by atoms with van der Waals surface area (Å²) >= 11 is 1.89.